The second-order valence-electron chi connectivity index (χ2n) is 5.11. The molecule has 0 fully saturated rings. The van der Waals surface area contributed by atoms with E-state index in [1.807, 2.05) is 6.92 Å². The standard InChI is InChI=1S/C13H29N3O/c1-6-7-12(14)13(17)15-8-9-16(10(2)3)11(4)5/h10-12H,6-9,14H2,1-5H3,(H,15,17)/t12-/m0/s1. The van der Waals surface area contributed by atoms with Crippen LogP contribution in [0.2, 0.25) is 0 Å². The molecular formula is C13H29N3O. The van der Waals surface area contributed by atoms with E-state index >= 15 is 0 Å². The van der Waals surface area contributed by atoms with E-state index in [2.05, 4.69) is 37.9 Å². The molecule has 4 heteroatoms. The Morgan fingerprint density at radius 3 is 2.18 bits per heavy atom. The van der Waals surface area contributed by atoms with Gasteiger partial charge in [0.1, 0.15) is 0 Å². The van der Waals surface area contributed by atoms with Crippen LogP contribution in [0.4, 0.5) is 0 Å². The number of nitrogens with one attached hydrogen (secondary N) is 1. The summed E-state index contributed by atoms with van der Waals surface area (Å²) in [5, 5.41) is 2.90. The largest absolute Gasteiger partial charge is 0.353 e. The van der Waals surface area contributed by atoms with Crippen molar-refractivity contribution in [1.29, 1.82) is 0 Å². The average molecular weight is 243 g/mol. The molecule has 0 rings (SSSR count). The highest BCUT2D eigenvalue weighted by Crippen LogP contribution is 2.03. The van der Waals surface area contributed by atoms with E-state index < -0.39 is 0 Å². The summed E-state index contributed by atoms with van der Waals surface area (Å²) in [5.41, 5.74) is 5.74. The van der Waals surface area contributed by atoms with Crippen LogP contribution in [0.25, 0.3) is 0 Å². The van der Waals surface area contributed by atoms with Gasteiger partial charge in [0.2, 0.25) is 5.91 Å². The van der Waals surface area contributed by atoms with Crippen molar-refractivity contribution in [1.82, 2.24) is 10.2 Å². The molecule has 0 radical (unpaired) electrons. The second-order valence-corrected chi connectivity index (χ2v) is 5.11. The lowest BCUT2D eigenvalue weighted by atomic mass is 10.1. The van der Waals surface area contributed by atoms with Crippen LogP contribution >= 0.6 is 0 Å². The fourth-order valence-corrected chi connectivity index (χ4v) is 1.99. The van der Waals surface area contributed by atoms with Crippen LogP contribution in [0.5, 0.6) is 0 Å². The molecule has 0 saturated carbocycles. The molecule has 0 heterocycles. The van der Waals surface area contributed by atoms with Gasteiger partial charge in [-0.25, -0.2) is 0 Å². The number of hydrogen-bond donors (Lipinski definition) is 2. The third-order valence-corrected chi connectivity index (χ3v) is 2.93. The highest BCUT2D eigenvalue weighted by molar-refractivity contribution is 5.81. The number of rotatable bonds is 8. The Balaban J connectivity index is 3.92. The molecule has 0 aliphatic heterocycles. The van der Waals surface area contributed by atoms with Gasteiger partial charge >= 0.3 is 0 Å². The first-order valence-corrected chi connectivity index (χ1v) is 6.69. The average Bonchev–Trinajstić information content (AvgIpc) is 2.23. The van der Waals surface area contributed by atoms with Gasteiger partial charge in [-0.3, -0.25) is 9.69 Å². The molecule has 0 aromatic carbocycles. The van der Waals surface area contributed by atoms with Crippen molar-refractivity contribution in [3.63, 3.8) is 0 Å². The third kappa shape index (κ3) is 6.64. The summed E-state index contributed by atoms with van der Waals surface area (Å²) in [4.78, 5) is 14.0. The lowest BCUT2D eigenvalue weighted by Gasteiger charge is -2.30. The van der Waals surface area contributed by atoms with E-state index in [4.69, 9.17) is 5.73 Å². The van der Waals surface area contributed by atoms with E-state index in [1.54, 1.807) is 0 Å². The van der Waals surface area contributed by atoms with Crippen molar-refractivity contribution in [3.8, 4) is 0 Å². The van der Waals surface area contributed by atoms with Crippen LogP contribution in [-0.4, -0.2) is 42.0 Å². The molecule has 4 nitrogen and oxygen atoms in total. The number of amides is 1. The lowest BCUT2D eigenvalue weighted by Crippen LogP contribution is -2.46. The topological polar surface area (TPSA) is 58.4 Å². The van der Waals surface area contributed by atoms with Crippen molar-refractivity contribution in [3.05, 3.63) is 0 Å². The number of nitrogens with two attached hydrogens (primary N) is 1. The Kier molecular flexibility index (Phi) is 8.17. The number of carbonyl (C=O) groups excluding carboxylic acids is 1. The molecule has 0 aliphatic rings. The van der Waals surface area contributed by atoms with Crippen LogP contribution in [0.15, 0.2) is 0 Å². The van der Waals surface area contributed by atoms with E-state index in [-0.39, 0.29) is 11.9 Å². The predicted molar refractivity (Wildman–Crippen MR) is 72.9 cm³/mol. The van der Waals surface area contributed by atoms with E-state index in [1.165, 1.54) is 0 Å². The van der Waals surface area contributed by atoms with Crippen molar-refractivity contribution < 1.29 is 4.79 Å². The van der Waals surface area contributed by atoms with Gasteiger partial charge in [0.15, 0.2) is 0 Å². The third-order valence-electron chi connectivity index (χ3n) is 2.93. The lowest BCUT2D eigenvalue weighted by molar-refractivity contribution is -0.122. The summed E-state index contributed by atoms with van der Waals surface area (Å²) in [6.07, 6.45) is 1.70. The molecule has 0 spiro atoms. The second kappa shape index (κ2) is 8.48. The molecule has 1 atom stereocenters. The fourth-order valence-electron chi connectivity index (χ4n) is 1.99. The normalized spacial score (nSPS) is 13.5. The summed E-state index contributed by atoms with van der Waals surface area (Å²) in [5.74, 6) is -0.0284. The molecule has 0 aromatic rings. The SMILES string of the molecule is CCC[C@H](N)C(=O)NCCN(C(C)C)C(C)C. The van der Waals surface area contributed by atoms with Crippen molar-refractivity contribution >= 4 is 5.91 Å². The summed E-state index contributed by atoms with van der Waals surface area (Å²) in [6, 6.07) is 0.638. The molecule has 0 bridgehead atoms. The van der Waals surface area contributed by atoms with Crippen LogP contribution in [0, 0.1) is 0 Å². The Bertz CT molecular complexity index is 209. The Morgan fingerprint density at radius 1 is 1.24 bits per heavy atom. The van der Waals surface area contributed by atoms with Gasteiger partial charge in [-0.2, -0.15) is 0 Å². The summed E-state index contributed by atoms with van der Waals surface area (Å²) in [6.45, 7) is 12.3. The maximum absolute atomic E-state index is 11.6. The first kappa shape index (κ1) is 16.4. The van der Waals surface area contributed by atoms with Gasteiger partial charge in [0, 0.05) is 25.2 Å². The first-order valence-electron chi connectivity index (χ1n) is 6.69. The van der Waals surface area contributed by atoms with Crippen LogP contribution in [0.3, 0.4) is 0 Å². The molecule has 17 heavy (non-hydrogen) atoms. The predicted octanol–water partition coefficient (Wildman–Crippen LogP) is 1.35. The maximum atomic E-state index is 11.6. The molecule has 0 aromatic heterocycles. The Hall–Kier alpha value is -0.610. The van der Waals surface area contributed by atoms with Crippen LogP contribution in [-0.2, 0) is 4.79 Å². The van der Waals surface area contributed by atoms with Crippen molar-refractivity contribution in [2.24, 2.45) is 5.73 Å². The van der Waals surface area contributed by atoms with Gasteiger partial charge in [-0.1, -0.05) is 13.3 Å². The highest BCUT2D eigenvalue weighted by atomic mass is 16.2. The Labute approximate surface area is 106 Å². The van der Waals surface area contributed by atoms with Gasteiger partial charge in [-0.05, 0) is 34.1 Å². The minimum Gasteiger partial charge on any atom is -0.353 e. The molecule has 0 aliphatic carbocycles. The van der Waals surface area contributed by atoms with E-state index in [0.717, 1.165) is 19.4 Å². The molecule has 0 unspecified atom stereocenters. The zero-order valence-corrected chi connectivity index (χ0v) is 12.0. The summed E-state index contributed by atoms with van der Waals surface area (Å²) in [7, 11) is 0. The number of nitrogens with zero attached hydrogens (tertiary/aromatic N) is 1. The minimum absolute atomic E-state index is 0.0284. The van der Waals surface area contributed by atoms with E-state index in [9.17, 15) is 4.79 Å². The molecular weight excluding hydrogens is 214 g/mol. The zero-order valence-electron chi connectivity index (χ0n) is 12.0. The van der Waals surface area contributed by atoms with Gasteiger partial charge in [0.05, 0.1) is 6.04 Å². The van der Waals surface area contributed by atoms with Crippen LogP contribution < -0.4 is 11.1 Å². The maximum Gasteiger partial charge on any atom is 0.236 e. The number of hydrogen-bond acceptors (Lipinski definition) is 3. The minimum atomic E-state index is -0.355. The van der Waals surface area contributed by atoms with E-state index in [0.29, 0.717) is 18.6 Å². The van der Waals surface area contributed by atoms with Crippen LogP contribution in [0.1, 0.15) is 47.5 Å². The molecule has 0 saturated heterocycles. The first-order chi connectivity index (χ1) is 7.90. The molecule has 3 N–H and O–H groups in total. The number of carbonyl (C=O) groups is 1. The monoisotopic (exact) mass is 243 g/mol. The van der Waals surface area contributed by atoms with Gasteiger partial charge < -0.3 is 11.1 Å². The summed E-state index contributed by atoms with van der Waals surface area (Å²) >= 11 is 0. The van der Waals surface area contributed by atoms with Crippen molar-refractivity contribution in [2.45, 2.75) is 65.6 Å². The zero-order chi connectivity index (χ0) is 13.4. The van der Waals surface area contributed by atoms with Crippen molar-refractivity contribution in [2.75, 3.05) is 13.1 Å². The Morgan fingerprint density at radius 2 is 1.76 bits per heavy atom. The molecule has 1 amide bonds. The smallest absolute Gasteiger partial charge is 0.236 e. The highest BCUT2D eigenvalue weighted by Gasteiger charge is 2.15. The van der Waals surface area contributed by atoms with Gasteiger partial charge in [-0.15, -0.1) is 0 Å². The summed E-state index contributed by atoms with van der Waals surface area (Å²) < 4.78 is 0. The fraction of sp³-hybridized carbons (Fsp3) is 0.923. The quantitative estimate of drug-likeness (QED) is 0.676. The molecule has 102 valence electrons. The van der Waals surface area contributed by atoms with Gasteiger partial charge in [0.25, 0.3) is 0 Å².